The molecule has 92 valence electrons. The van der Waals surface area contributed by atoms with Crippen LogP contribution in [0.25, 0.3) is 0 Å². The summed E-state index contributed by atoms with van der Waals surface area (Å²) in [6.45, 7) is 11.3. The smallest absolute Gasteiger partial charge is 0.0248 e. The standard InChI is InChI=1S/C15H20S2/c1-10(2)13-8-12(9-16-13)15(4,5)14-7-6-11(3)17-14/h6-10H,1-5H3. The molecule has 2 aromatic heterocycles. The van der Waals surface area contributed by atoms with Crippen molar-refractivity contribution >= 4 is 22.7 Å². The predicted molar refractivity (Wildman–Crippen MR) is 79.6 cm³/mol. The zero-order valence-electron chi connectivity index (χ0n) is 11.2. The molecule has 0 aliphatic carbocycles. The summed E-state index contributed by atoms with van der Waals surface area (Å²) in [5, 5.41) is 2.32. The van der Waals surface area contributed by atoms with Crippen molar-refractivity contribution in [3.8, 4) is 0 Å². The van der Waals surface area contributed by atoms with Gasteiger partial charge in [0.15, 0.2) is 0 Å². The summed E-state index contributed by atoms with van der Waals surface area (Å²) < 4.78 is 0. The second kappa shape index (κ2) is 4.58. The summed E-state index contributed by atoms with van der Waals surface area (Å²) in [4.78, 5) is 4.34. The Labute approximate surface area is 112 Å². The maximum atomic E-state index is 2.38. The van der Waals surface area contributed by atoms with Crippen molar-refractivity contribution in [2.75, 3.05) is 0 Å². The molecule has 0 saturated heterocycles. The Hall–Kier alpha value is -0.600. The molecule has 0 N–H and O–H groups in total. The minimum atomic E-state index is 0.141. The summed E-state index contributed by atoms with van der Waals surface area (Å²) in [6.07, 6.45) is 0. The molecular weight excluding hydrogens is 244 g/mol. The highest BCUT2D eigenvalue weighted by Crippen LogP contribution is 2.38. The normalized spacial score (nSPS) is 12.4. The number of aryl methyl sites for hydroxylation is 1. The van der Waals surface area contributed by atoms with E-state index in [0.717, 1.165) is 0 Å². The van der Waals surface area contributed by atoms with Crippen LogP contribution in [0.3, 0.4) is 0 Å². The quantitative estimate of drug-likeness (QED) is 0.680. The van der Waals surface area contributed by atoms with Gasteiger partial charge >= 0.3 is 0 Å². The topological polar surface area (TPSA) is 0 Å². The second-order valence-corrected chi connectivity index (χ2v) is 7.66. The lowest BCUT2D eigenvalue weighted by atomic mass is 9.84. The Kier molecular flexibility index (Phi) is 3.46. The summed E-state index contributed by atoms with van der Waals surface area (Å²) in [5.41, 5.74) is 1.59. The monoisotopic (exact) mass is 264 g/mol. The molecule has 0 amide bonds. The first-order valence-electron chi connectivity index (χ1n) is 6.07. The van der Waals surface area contributed by atoms with Crippen LogP contribution in [-0.4, -0.2) is 0 Å². The van der Waals surface area contributed by atoms with Gasteiger partial charge in [0, 0.05) is 20.0 Å². The van der Waals surface area contributed by atoms with Crippen LogP contribution in [-0.2, 0) is 5.41 Å². The van der Waals surface area contributed by atoms with Gasteiger partial charge in [0.2, 0.25) is 0 Å². The van der Waals surface area contributed by atoms with Crippen molar-refractivity contribution in [2.24, 2.45) is 0 Å². The van der Waals surface area contributed by atoms with E-state index in [1.807, 2.05) is 22.7 Å². The zero-order valence-corrected chi connectivity index (χ0v) is 12.8. The summed E-state index contributed by atoms with van der Waals surface area (Å²) in [7, 11) is 0. The fraction of sp³-hybridized carbons (Fsp3) is 0.467. The van der Waals surface area contributed by atoms with E-state index in [9.17, 15) is 0 Å². The van der Waals surface area contributed by atoms with Crippen molar-refractivity contribution in [3.05, 3.63) is 43.8 Å². The molecule has 17 heavy (non-hydrogen) atoms. The maximum Gasteiger partial charge on any atom is 0.0248 e. The number of hydrogen-bond donors (Lipinski definition) is 0. The molecule has 0 spiro atoms. The van der Waals surface area contributed by atoms with Crippen LogP contribution in [0.5, 0.6) is 0 Å². The second-order valence-electron chi connectivity index (χ2n) is 5.43. The van der Waals surface area contributed by atoms with Crippen molar-refractivity contribution in [1.29, 1.82) is 0 Å². The molecule has 0 aliphatic heterocycles. The lowest BCUT2D eigenvalue weighted by Gasteiger charge is -2.22. The molecule has 0 radical (unpaired) electrons. The molecule has 0 atom stereocenters. The first-order valence-corrected chi connectivity index (χ1v) is 7.76. The highest BCUT2D eigenvalue weighted by atomic mass is 32.1. The van der Waals surface area contributed by atoms with Gasteiger partial charge in [-0.3, -0.25) is 0 Å². The van der Waals surface area contributed by atoms with Crippen molar-refractivity contribution < 1.29 is 0 Å². The Morgan fingerprint density at radius 3 is 2.35 bits per heavy atom. The maximum absolute atomic E-state index is 2.38. The van der Waals surface area contributed by atoms with Gasteiger partial charge in [0.25, 0.3) is 0 Å². The Morgan fingerprint density at radius 2 is 1.88 bits per heavy atom. The molecule has 0 bridgehead atoms. The Bertz CT molecular complexity index is 500. The van der Waals surface area contributed by atoms with Crippen LogP contribution in [0.2, 0.25) is 0 Å². The molecule has 2 rings (SSSR count). The van der Waals surface area contributed by atoms with E-state index in [-0.39, 0.29) is 5.41 Å². The third kappa shape index (κ3) is 2.48. The molecular formula is C15H20S2. The van der Waals surface area contributed by atoms with Gasteiger partial charge in [-0.15, -0.1) is 22.7 Å². The van der Waals surface area contributed by atoms with Crippen molar-refractivity contribution in [3.63, 3.8) is 0 Å². The molecule has 2 heterocycles. The van der Waals surface area contributed by atoms with Gasteiger partial charge in [0.1, 0.15) is 0 Å². The van der Waals surface area contributed by atoms with Crippen LogP contribution in [0.4, 0.5) is 0 Å². The van der Waals surface area contributed by atoms with Crippen LogP contribution in [0.1, 0.15) is 53.8 Å². The van der Waals surface area contributed by atoms with E-state index in [0.29, 0.717) is 5.92 Å². The summed E-state index contributed by atoms with van der Waals surface area (Å²) >= 11 is 3.80. The van der Waals surface area contributed by atoms with E-state index in [1.165, 1.54) is 20.2 Å². The molecule has 0 saturated carbocycles. The third-order valence-corrected chi connectivity index (χ3v) is 5.82. The molecule has 0 fully saturated rings. The van der Waals surface area contributed by atoms with Gasteiger partial charge in [0.05, 0.1) is 0 Å². The Morgan fingerprint density at radius 1 is 1.18 bits per heavy atom. The largest absolute Gasteiger partial charge is 0.148 e. The molecule has 0 aliphatic rings. The average molecular weight is 264 g/mol. The van der Waals surface area contributed by atoms with Gasteiger partial charge < -0.3 is 0 Å². The fourth-order valence-electron chi connectivity index (χ4n) is 1.90. The van der Waals surface area contributed by atoms with E-state index in [1.54, 1.807) is 0 Å². The highest BCUT2D eigenvalue weighted by molar-refractivity contribution is 7.12. The van der Waals surface area contributed by atoms with Crippen molar-refractivity contribution in [1.82, 2.24) is 0 Å². The predicted octanol–water partition coefficient (Wildman–Crippen LogP) is 5.57. The third-order valence-electron chi connectivity index (χ3n) is 3.27. The van der Waals surface area contributed by atoms with Gasteiger partial charge in [-0.2, -0.15) is 0 Å². The fourth-order valence-corrected chi connectivity index (χ4v) is 3.98. The number of rotatable bonds is 3. The highest BCUT2D eigenvalue weighted by Gasteiger charge is 2.26. The van der Waals surface area contributed by atoms with Crippen LogP contribution >= 0.6 is 22.7 Å². The first-order chi connectivity index (χ1) is 7.91. The van der Waals surface area contributed by atoms with Crippen LogP contribution in [0.15, 0.2) is 23.6 Å². The lowest BCUT2D eigenvalue weighted by molar-refractivity contribution is 0.657. The average Bonchev–Trinajstić information content (AvgIpc) is 2.85. The van der Waals surface area contributed by atoms with Crippen molar-refractivity contribution in [2.45, 2.75) is 46.0 Å². The minimum absolute atomic E-state index is 0.141. The Balaban J connectivity index is 2.37. The van der Waals surface area contributed by atoms with E-state index in [2.05, 4.69) is 58.2 Å². The lowest BCUT2D eigenvalue weighted by Crippen LogP contribution is -2.16. The molecule has 0 aromatic carbocycles. The molecule has 0 nitrogen and oxygen atoms in total. The van der Waals surface area contributed by atoms with Gasteiger partial charge in [-0.05, 0) is 42.0 Å². The van der Waals surface area contributed by atoms with Gasteiger partial charge in [-0.1, -0.05) is 27.7 Å². The minimum Gasteiger partial charge on any atom is -0.148 e. The van der Waals surface area contributed by atoms with E-state index in [4.69, 9.17) is 0 Å². The SMILES string of the molecule is Cc1ccc(C(C)(C)c2csc(C(C)C)c2)s1. The zero-order chi connectivity index (χ0) is 12.6. The molecule has 2 heteroatoms. The molecule has 0 unspecified atom stereocenters. The van der Waals surface area contributed by atoms with E-state index < -0.39 is 0 Å². The summed E-state index contributed by atoms with van der Waals surface area (Å²) in [6, 6.07) is 6.87. The first kappa shape index (κ1) is 12.8. The van der Waals surface area contributed by atoms with Crippen LogP contribution in [0, 0.1) is 6.92 Å². The number of thiophene rings is 2. The molecule has 2 aromatic rings. The number of hydrogen-bond acceptors (Lipinski definition) is 2. The summed E-state index contributed by atoms with van der Waals surface area (Å²) in [5.74, 6) is 0.634. The van der Waals surface area contributed by atoms with Gasteiger partial charge in [-0.25, -0.2) is 0 Å². The van der Waals surface area contributed by atoms with Crippen LogP contribution < -0.4 is 0 Å². The van der Waals surface area contributed by atoms with E-state index >= 15 is 0 Å².